The van der Waals surface area contributed by atoms with Gasteiger partial charge in [0.1, 0.15) is 11.6 Å². The van der Waals surface area contributed by atoms with Crippen LogP contribution in [0.2, 0.25) is 0 Å². The summed E-state index contributed by atoms with van der Waals surface area (Å²) in [5.41, 5.74) is 5.51. The van der Waals surface area contributed by atoms with E-state index in [1.807, 2.05) is 31.9 Å². The van der Waals surface area contributed by atoms with Crippen molar-refractivity contribution >= 4 is 28.6 Å². The van der Waals surface area contributed by atoms with Crippen molar-refractivity contribution in [3.8, 4) is 11.1 Å². The fourth-order valence-electron chi connectivity index (χ4n) is 6.14. The summed E-state index contributed by atoms with van der Waals surface area (Å²) < 4.78 is 13.1. The average Bonchev–Trinajstić information content (AvgIpc) is 3.64. The number of carbonyl (C=O) groups is 1. The topological polar surface area (TPSA) is 106 Å². The second kappa shape index (κ2) is 11.1. The lowest BCUT2D eigenvalue weighted by molar-refractivity contribution is 0.0746. The summed E-state index contributed by atoms with van der Waals surface area (Å²) in [6, 6.07) is 16.8. The molecule has 11 heteroatoms. The minimum absolute atomic E-state index is 0.00117. The Morgan fingerprint density at radius 1 is 0.977 bits per heavy atom. The Morgan fingerprint density at radius 2 is 1.79 bits per heavy atom. The van der Waals surface area contributed by atoms with E-state index in [4.69, 9.17) is 19.2 Å². The second-order valence-corrected chi connectivity index (χ2v) is 11.2. The van der Waals surface area contributed by atoms with Crippen LogP contribution < -0.4 is 9.80 Å². The number of nitrogens with zero attached hydrogens (tertiary/aromatic N) is 8. The summed E-state index contributed by atoms with van der Waals surface area (Å²) in [5, 5.41) is 9.30. The molecule has 2 fully saturated rings. The Hall–Kier alpha value is -4.77. The van der Waals surface area contributed by atoms with E-state index >= 15 is 0 Å². The number of rotatable bonds is 5. The Morgan fingerprint density at radius 3 is 2.51 bits per heavy atom. The maximum atomic E-state index is 13.0. The van der Waals surface area contributed by atoms with Gasteiger partial charge in [-0.1, -0.05) is 41.6 Å². The zero-order valence-electron chi connectivity index (χ0n) is 24.6. The van der Waals surface area contributed by atoms with E-state index in [0.29, 0.717) is 57.4 Å². The van der Waals surface area contributed by atoms with Gasteiger partial charge < -0.3 is 24.0 Å². The van der Waals surface area contributed by atoms with Crippen LogP contribution in [-0.4, -0.2) is 81.6 Å². The van der Waals surface area contributed by atoms with Gasteiger partial charge in [-0.3, -0.25) is 9.48 Å². The molecule has 2 aliphatic heterocycles. The Labute approximate surface area is 249 Å². The molecule has 0 aliphatic carbocycles. The lowest BCUT2D eigenvalue weighted by Crippen LogP contribution is -2.49. The molecule has 2 aromatic carbocycles. The molecule has 1 amide bonds. The number of hydrogen-bond donors (Lipinski definition) is 0. The molecule has 0 saturated carbocycles. The van der Waals surface area contributed by atoms with E-state index < -0.39 is 0 Å². The molecular formula is C32H34N8O3. The highest BCUT2D eigenvalue weighted by atomic mass is 16.5. The van der Waals surface area contributed by atoms with Crippen LogP contribution in [0.5, 0.6) is 0 Å². The number of morpholine rings is 1. The lowest BCUT2D eigenvalue weighted by Gasteiger charge is -2.38. The van der Waals surface area contributed by atoms with Crippen molar-refractivity contribution in [3.63, 3.8) is 0 Å². The van der Waals surface area contributed by atoms with Gasteiger partial charge in [0.2, 0.25) is 5.95 Å². The SMILES string of the molecule is Cc1noc(C)c1-c1ccc2nc(N3CCN(C(=O)c4cnn(C)c4)CC3)nc(N3CCOCC3c3ccccc3)c2c1. The zero-order valence-corrected chi connectivity index (χ0v) is 24.6. The number of hydrogen-bond acceptors (Lipinski definition) is 9. The van der Waals surface area contributed by atoms with Crippen LogP contribution in [0.3, 0.4) is 0 Å². The Balaban J connectivity index is 1.27. The number of aryl methyl sites for hydroxylation is 3. The standard InChI is InChI=1S/C32H34N8O3/c1-21-29(22(2)43-36-21)24-9-10-27-26(17-24)30(40-15-16-42-20-28(40)23-7-5-4-6-8-23)35-32(34-27)39-13-11-38(12-14-39)31(41)25-18-33-37(3)19-25/h4-10,17-19,28H,11-16,20H2,1-3H3. The van der Waals surface area contributed by atoms with Crippen molar-refractivity contribution in [1.29, 1.82) is 0 Å². The molecule has 0 spiro atoms. The van der Waals surface area contributed by atoms with Crippen LogP contribution in [0.1, 0.15) is 33.4 Å². The van der Waals surface area contributed by atoms with Crippen LogP contribution in [0.15, 0.2) is 65.4 Å². The molecule has 43 heavy (non-hydrogen) atoms. The van der Waals surface area contributed by atoms with Gasteiger partial charge in [-0.25, -0.2) is 4.98 Å². The number of amides is 1. The molecule has 1 atom stereocenters. The van der Waals surface area contributed by atoms with Gasteiger partial charge in [-0.15, -0.1) is 0 Å². The molecule has 3 aromatic heterocycles. The van der Waals surface area contributed by atoms with Crippen molar-refractivity contribution in [2.75, 3.05) is 55.7 Å². The molecule has 0 N–H and O–H groups in total. The second-order valence-electron chi connectivity index (χ2n) is 11.2. The summed E-state index contributed by atoms with van der Waals surface area (Å²) in [4.78, 5) is 29.7. The monoisotopic (exact) mass is 578 g/mol. The van der Waals surface area contributed by atoms with Gasteiger partial charge in [0.15, 0.2) is 0 Å². The van der Waals surface area contributed by atoms with E-state index in [1.165, 1.54) is 5.56 Å². The van der Waals surface area contributed by atoms with Crippen LogP contribution >= 0.6 is 0 Å². The number of piperazine rings is 1. The maximum Gasteiger partial charge on any atom is 0.257 e. The van der Waals surface area contributed by atoms with Crippen molar-refractivity contribution in [2.45, 2.75) is 19.9 Å². The van der Waals surface area contributed by atoms with Gasteiger partial charge in [-0.2, -0.15) is 10.1 Å². The van der Waals surface area contributed by atoms with E-state index in [0.717, 1.165) is 39.3 Å². The van der Waals surface area contributed by atoms with Gasteiger partial charge in [0.05, 0.1) is 42.2 Å². The number of ether oxygens (including phenoxy) is 1. The van der Waals surface area contributed by atoms with Gasteiger partial charge in [0.25, 0.3) is 5.91 Å². The van der Waals surface area contributed by atoms with Crippen LogP contribution in [0.25, 0.3) is 22.0 Å². The maximum absolute atomic E-state index is 13.0. The molecule has 220 valence electrons. The number of anilines is 2. The predicted octanol–water partition coefficient (Wildman–Crippen LogP) is 4.18. The fraction of sp³-hybridized carbons (Fsp3) is 0.344. The van der Waals surface area contributed by atoms with Crippen molar-refractivity contribution in [3.05, 3.63) is 83.5 Å². The molecule has 2 aliphatic rings. The number of carbonyl (C=O) groups excluding carboxylic acids is 1. The zero-order chi connectivity index (χ0) is 29.5. The van der Waals surface area contributed by atoms with Gasteiger partial charge in [0, 0.05) is 56.9 Å². The predicted molar refractivity (Wildman–Crippen MR) is 163 cm³/mol. The van der Waals surface area contributed by atoms with Crippen molar-refractivity contribution < 1.29 is 14.1 Å². The Kier molecular flexibility index (Phi) is 7.02. The van der Waals surface area contributed by atoms with E-state index in [9.17, 15) is 4.79 Å². The fourth-order valence-corrected chi connectivity index (χ4v) is 6.14. The molecule has 2 saturated heterocycles. The third-order valence-electron chi connectivity index (χ3n) is 8.37. The van der Waals surface area contributed by atoms with E-state index in [2.05, 4.69) is 62.5 Å². The Bertz CT molecular complexity index is 1750. The first-order valence-electron chi connectivity index (χ1n) is 14.6. The number of aromatic nitrogens is 5. The first-order chi connectivity index (χ1) is 21.0. The molecule has 5 aromatic rings. The normalized spacial score (nSPS) is 17.6. The first-order valence-corrected chi connectivity index (χ1v) is 14.6. The third kappa shape index (κ3) is 5.10. The molecule has 7 rings (SSSR count). The molecule has 0 bridgehead atoms. The van der Waals surface area contributed by atoms with Crippen molar-refractivity contribution in [1.82, 2.24) is 29.8 Å². The summed E-state index contributed by atoms with van der Waals surface area (Å²) in [6.07, 6.45) is 3.38. The van der Waals surface area contributed by atoms with Crippen LogP contribution in [0.4, 0.5) is 11.8 Å². The highest BCUT2D eigenvalue weighted by molar-refractivity contribution is 5.95. The molecule has 5 heterocycles. The molecule has 1 unspecified atom stereocenters. The minimum Gasteiger partial charge on any atom is -0.377 e. The molecular weight excluding hydrogens is 544 g/mol. The quantitative estimate of drug-likeness (QED) is 0.304. The third-order valence-corrected chi connectivity index (χ3v) is 8.37. The first kappa shape index (κ1) is 27.1. The highest BCUT2D eigenvalue weighted by Crippen LogP contribution is 2.37. The van der Waals surface area contributed by atoms with Gasteiger partial charge in [-0.05, 0) is 37.1 Å². The van der Waals surface area contributed by atoms with Crippen molar-refractivity contribution in [2.24, 2.45) is 7.05 Å². The number of fused-ring (bicyclic) bond motifs is 1. The molecule has 11 nitrogen and oxygen atoms in total. The summed E-state index contributed by atoms with van der Waals surface area (Å²) in [7, 11) is 1.82. The summed E-state index contributed by atoms with van der Waals surface area (Å²) in [6.45, 7) is 8.23. The van der Waals surface area contributed by atoms with E-state index in [1.54, 1.807) is 17.1 Å². The molecule has 0 radical (unpaired) electrons. The highest BCUT2D eigenvalue weighted by Gasteiger charge is 2.30. The average molecular weight is 579 g/mol. The summed E-state index contributed by atoms with van der Waals surface area (Å²) >= 11 is 0. The van der Waals surface area contributed by atoms with E-state index in [-0.39, 0.29) is 11.9 Å². The largest absolute Gasteiger partial charge is 0.377 e. The number of benzene rings is 2. The van der Waals surface area contributed by atoms with Crippen LogP contribution in [-0.2, 0) is 11.8 Å². The summed E-state index contributed by atoms with van der Waals surface area (Å²) in [5.74, 6) is 2.32. The van der Waals surface area contributed by atoms with Gasteiger partial charge >= 0.3 is 0 Å². The minimum atomic E-state index is -0.00117. The van der Waals surface area contributed by atoms with Crippen LogP contribution in [0, 0.1) is 13.8 Å². The smallest absolute Gasteiger partial charge is 0.257 e. The lowest BCUT2D eigenvalue weighted by atomic mass is 10.0.